The number of aromatic hydroxyl groups is 1. The second-order valence-electron chi connectivity index (χ2n) is 9.28. The van der Waals surface area contributed by atoms with E-state index in [0.717, 1.165) is 23.8 Å². The van der Waals surface area contributed by atoms with Gasteiger partial charge in [-0.3, -0.25) is 0 Å². The van der Waals surface area contributed by atoms with Crippen molar-refractivity contribution in [3.8, 4) is 28.6 Å². The van der Waals surface area contributed by atoms with Crippen molar-refractivity contribution in [1.82, 2.24) is 4.57 Å². The van der Waals surface area contributed by atoms with Crippen molar-refractivity contribution in [1.29, 1.82) is 0 Å². The molecule has 10 heteroatoms. The molecule has 3 aromatic rings. The van der Waals surface area contributed by atoms with Gasteiger partial charge in [0.15, 0.2) is 0 Å². The first-order valence-electron chi connectivity index (χ1n) is 13.2. The van der Waals surface area contributed by atoms with Crippen LogP contribution in [0.15, 0.2) is 39.5 Å². The van der Waals surface area contributed by atoms with Crippen LogP contribution in [-0.2, 0) is 4.74 Å². The van der Waals surface area contributed by atoms with Crippen LogP contribution in [-0.4, -0.2) is 29.4 Å². The van der Waals surface area contributed by atoms with Gasteiger partial charge in [-0.25, -0.2) is 14.2 Å². The molecule has 2 aromatic carbocycles. The number of hydrogen-bond acceptors (Lipinski definition) is 6. The number of carbonyl (C=O) groups is 1. The standard InChI is InChI=1S/C29H34Cl3NO6/c1-3-4-5-6-7-8-9-10-11-12-17-38-28(35)19-13-16-23(37-2)22(18-19)33-27(34)26(39-29(33)36)24-20(30)14-15-21(31)25(24)32/h13-16,18,34H,3-12,17H2,1-2H3. The van der Waals surface area contributed by atoms with Crippen molar-refractivity contribution in [2.24, 2.45) is 0 Å². The normalized spacial score (nSPS) is 11.1. The maximum absolute atomic E-state index is 12.8. The molecule has 0 radical (unpaired) electrons. The third-order valence-corrected chi connectivity index (χ3v) is 7.56. The molecule has 3 rings (SSSR count). The number of ether oxygens (including phenoxy) is 2. The molecule has 0 bridgehead atoms. The Morgan fingerprint density at radius 3 is 2.18 bits per heavy atom. The number of methoxy groups -OCH3 is 1. The molecule has 1 heterocycles. The predicted octanol–water partition coefficient (Wildman–Crippen LogP) is 8.85. The Balaban J connectivity index is 1.67. The van der Waals surface area contributed by atoms with Crippen LogP contribution in [0.4, 0.5) is 0 Å². The first-order chi connectivity index (χ1) is 18.8. The van der Waals surface area contributed by atoms with Crippen molar-refractivity contribution in [2.75, 3.05) is 13.7 Å². The molecule has 212 valence electrons. The molecule has 0 saturated heterocycles. The first-order valence-corrected chi connectivity index (χ1v) is 14.4. The van der Waals surface area contributed by atoms with E-state index >= 15 is 0 Å². The Bertz CT molecular complexity index is 1320. The van der Waals surface area contributed by atoms with Gasteiger partial charge >= 0.3 is 11.7 Å². The summed E-state index contributed by atoms with van der Waals surface area (Å²) in [5, 5.41) is 11.3. The van der Waals surface area contributed by atoms with E-state index in [4.69, 9.17) is 48.7 Å². The minimum absolute atomic E-state index is 0.0108. The van der Waals surface area contributed by atoms with Gasteiger partial charge in [0.2, 0.25) is 11.6 Å². The smallest absolute Gasteiger partial charge is 0.427 e. The average molecular weight is 599 g/mol. The highest BCUT2D eigenvalue weighted by Crippen LogP contribution is 2.43. The molecule has 0 amide bonds. The van der Waals surface area contributed by atoms with Crippen molar-refractivity contribution >= 4 is 40.8 Å². The van der Waals surface area contributed by atoms with E-state index in [9.17, 15) is 14.7 Å². The van der Waals surface area contributed by atoms with Crippen LogP contribution in [0.25, 0.3) is 17.0 Å². The zero-order valence-corrected chi connectivity index (χ0v) is 24.5. The van der Waals surface area contributed by atoms with Gasteiger partial charge in [-0.05, 0) is 36.8 Å². The lowest BCUT2D eigenvalue weighted by Gasteiger charge is -2.12. The van der Waals surface area contributed by atoms with Gasteiger partial charge in [0, 0.05) is 0 Å². The Morgan fingerprint density at radius 2 is 1.54 bits per heavy atom. The highest BCUT2D eigenvalue weighted by molar-refractivity contribution is 6.46. The molecule has 1 aromatic heterocycles. The van der Waals surface area contributed by atoms with Crippen LogP contribution in [0.3, 0.4) is 0 Å². The molecule has 1 N–H and O–H groups in total. The number of halogens is 3. The zero-order chi connectivity index (χ0) is 28.4. The number of hydrogen-bond donors (Lipinski definition) is 1. The van der Waals surface area contributed by atoms with Crippen molar-refractivity contribution < 1.29 is 23.8 Å². The summed E-state index contributed by atoms with van der Waals surface area (Å²) in [6.45, 7) is 2.52. The van der Waals surface area contributed by atoms with E-state index in [1.54, 1.807) is 0 Å². The number of oxazole rings is 1. The number of carbonyl (C=O) groups excluding carboxylic acids is 1. The molecule has 0 atom stereocenters. The summed E-state index contributed by atoms with van der Waals surface area (Å²) in [5.74, 6) is -2.13. The van der Waals surface area contributed by atoms with Gasteiger partial charge in [-0.1, -0.05) is 99.5 Å². The summed E-state index contributed by atoms with van der Waals surface area (Å²) in [7, 11) is 1.40. The van der Waals surface area contributed by atoms with Gasteiger partial charge in [0.25, 0.3) is 0 Å². The molecule has 0 aliphatic carbocycles. The molecule has 0 aliphatic rings. The fourth-order valence-electron chi connectivity index (χ4n) is 4.31. The van der Waals surface area contributed by atoms with Crippen molar-refractivity contribution in [2.45, 2.75) is 71.1 Å². The van der Waals surface area contributed by atoms with Gasteiger partial charge < -0.3 is 19.0 Å². The SMILES string of the molecule is CCCCCCCCCCCCOC(=O)c1ccc(OC)c(-n2c(O)c(-c3c(Cl)ccc(Cl)c3Cl)oc2=O)c1. The van der Waals surface area contributed by atoms with E-state index in [1.807, 2.05) is 0 Å². The maximum atomic E-state index is 12.8. The van der Waals surface area contributed by atoms with E-state index in [2.05, 4.69) is 6.92 Å². The third kappa shape index (κ3) is 7.96. The fraction of sp³-hybridized carbons (Fsp3) is 0.448. The van der Waals surface area contributed by atoms with Crippen LogP contribution in [0.2, 0.25) is 15.1 Å². The van der Waals surface area contributed by atoms with E-state index in [1.165, 1.54) is 82.4 Å². The highest BCUT2D eigenvalue weighted by Gasteiger charge is 2.26. The third-order valence-electron chi connectivity index (χ3n) is 6.44. The molecule has 0 spiro atoms. The lowest BCUT2D eigenvalue weighted by molar-refractivity contribution is 0.0497. The summed E-state index contributed by atoms with van der Waals surface area (Å²) >= 11 is 18.6. The van der Waals surface area contributed by atoms with Crippen LogP contribution < -0.4 is 10.5 Å². The lowest BCUT2D eigenvalue weighted by Crippen LogP contribution is -2.14. The Hall–Kier alpha value is -2.61. The number of nitrogens with zero attached hydrogens (tertiary/aromatic N) is 1. The Kier molecular flexibility index (Phi) is 12.1. The predicted molar refractivity (Wildman–Crippen MR) is 155 cm³/mol. The van der Waals surface area contributed by atoms with Crippen LogP contribution >= 0.6 is 34.8 Å². The van der Waals surface area contributed by atoms with Gasteiger partial charge in [-0.15, -0.1) is 0 Å². The molecular formula is C29H34Cl3NO6. The summed E-state index contributed by atoms with van der Waals surface area (Å²) < 4.78 is 17.0. The van der Waals surface area contributed by atoms with Crippen LogP contribution in [0.1, 0.15) is 81.5 Å². The van der Waals surface area contributed by atoms with Crippen LogP contribution in [0, 0.1) is 0 Å². The topological polar surface area (TPSA) is 90.9 Å². The minimum Gasteiger partial charge on any atom is -0.495 e. The summed E-state index contributed by atoms with van der Waals surface area (Å²) in [5.41, 5.74) is 0.327. The second-order valence-corrected chi connectivity index (χ2v) is 10.5. The molecule has 39 heavy (non-hydrogen) atoms. The van der Waals surface area contributed by atoms with Crippen molar-refractivity contribution in [3.63, 3.8) is 0 Å². The zero-order valence-electron chi connectivity index (χ0n) is 22.2. The average Bonchev–Trinajstić information content (AvgIpc) is 3.22. The molecule has 7 nitrogen and oxygen atoms in total. The molecule has 0 unspecified atom stereocenters. The Labute approximate surface area is 243 Å². The number of rotatable bonds is 15. The van der Waals surface area contributed by atoms with E-state index in [-0.39, 0.29) is 43.4 Å². The quantitative estimate of drug-likeness (QED) is 0.107. The summed E-state index contributed by atoms with van der Waals surface area (Å²) in [6, 6.07) is 7.37. The second kappa shape index (κ2) is 15.2. The monoisotopic (exact) mass is 597 g/mol. The minimum atomic E-state index is -0.941. The van der Waals surface area contributed by atoms with Crippen LogP contribution in [0.5, 0.6) is 11.6 Å². The van der Waals surface area contributed by atoms with Crippen molar-refractivity contribution in [3.05, 3.63) is 61.5 Å². The molecule has 0 aliphatic heterocycles. The van der Waals surface area contributed by atoms with Gasteiger partial charge in [-0.2, -0.15) is 0 Å². The summed E-state index contributed by atoms with van der Waals surface area (Å²) in [6.07, 6.45) is 11.8. The number of unbranched alkanes of at least 4 members (excludes halogenated alkanes) is 9. The number of benzene rings is 2. The lowest BCUT2D eigenvalue weighted by atomic mass is 10.1. The van der Waals surface area contributed by atoms with E-state index < -0.39 is 17.6 Å². The fourth-order valence-corrected chi connectivity index (χ4v) is 5.01. The highest BCUT2D eigenvalue weighted by atomic mass is 35.5. The van der Waals surface area contributed by atoms with E-state index in [0.29, 0.717) is 6.61 Å². The summed E-state index contributed by atoms with van der Waals surface area (Å²) in [4.78, 5) is 25.5. The van der Waals surface area contributed by atoms with Gasteiger partial charge in [0.1, 0.15) is 5.75 Å². The number of aromatic nitrogens is 1. The Morgan fingerprint density at radius 1 is 0.923 bits per heavy atom. The molecular weight excluding hydrogens is 565 g/mol. The number of esters is 1. The van der Waals surface area contributed by atoms with Gasteiger partial charge in [0.05, 0.1) is 45.6 Å². The molecule has 0 saturated carbocycles. The molecule has 0 fully saturated rings. The first kappa shape index (κ1) is 30.9. The largest absolute Gasteiger partial charge is 0.495 e. The maximum Gasteiger partial charge on any atom is 0.427 e.